The minimum absolute atomic E-state index is 0.0623. The predicted octanol–water partition coefficient (Wildman–Crippen LogP) is 2.31. The van der Waals surface area contributed by atoms with Crippen molar-refractivity contribution < 1.29 is 14.0 Å². The van der Waals surface area contributed by atoms with E-state index in [2.05, 4.69) is 21.2 Å². The lowest BCUT2D eigenvalue weighted by atomic mass is 9.94. The minimum Gasteiger partial charge on any atom is -0.341 e. The van der Waals surface area contributed by atoms with Crippen LogP contribution in [0.2, 0.25) is 0 Å². The largest absolute Gasteiger partial charge is 0.341 e. The van der Waals surface area contributed by atoms with Crippen LogP contribution < -0.4 is 16.2 Å². The summed E-state index contributed by atoms with van der Waals surface area (Å²) in [4.78, 5) is 31.4. The average Bonchev–Trinajstić information content (AvgIpc) is 3.26. The summed E-state index contributed by atoms with van der Waals surface area (Å²) in [6.07, 6.45) is 5.40. The summed E-state index contributed by atoms with van der Waals surface area (Å²) in [5.74, 6) is -0.487. The third-order valence-electron chi connectivity index (χ3n) is 5.93. The number of hydrogen-bond acceptors (Lipinski definition) is 5. The van der Waals surface area contributed by atoms with Crippen LogP contribution in [0.3, 0.4) is 0 Å². The Morgan fingerprint density at radius 3 is 2.57 bits per heavy atom. The number of rotatable bonds is 4. The van der Waals surface area contributed by atoms with Crippen LogP contribution in [0.25, 0.3) is 0 Å². The zero-order valence-electron chi connectivity index (χ0n) is 16.9. The van der Waals surface area contributed by atoms with E-state index in [1.807, 2.05) is 17.0 Å². The van der Waals surface area contributed by atoms with Crippen LogP contribution in [0.15, 0.2) is 42.7 Å². The monoisotopic (exact) mass is 411 g/mol. The van der Waals surface area contributed by atoms with Crippen molar-refractivity contribution in [2.75, 3.05) is 18.4 Å². The first kappa shape index (κ1) is 20.4. The van der Waals surface area contributed by atoms with Crippen molar-refractivity contribution in [3.8, 4) is 0 Å². The van der Waals surface area contributed by atoms with Crippen LogP contribution in [0.1, 0.15) is 36.4 Å². The number of hydrogen-bond donors (Lipinski definition) is 3. The number of anilines is 1. The molecule has 2 atom stereocenters. The second kappa shape index (κ2) is 8.89. The van der Waals surface area contributed by atoms with Gasteiger partial charge in [0.05, 0.1) is 0 Å². The molecule has 0 aliphatic carbocycles. The number of piperidine rings is 1. The van der Waals surface area contributed by atoms with E-state index in [1.54, 1.807) is 25.4 Å². The number of carbonyl (C=O) groups is 2. The number of nitrogens with zero attached hydrogens (tertiary/aromatic N) is 2. The molecule has 2 saturated heterocycles. The molecular weight excluding hydrogens is 385 g/mol. The first-order valence-electron chi connectivity index (χ1n) is 10.3. The Kier molecular flexibility index (Phi) is 6.06. The van der Waals surface area contributed by atoms with Gasteiger partial charge in [0.25, 0.3) is 0 Å². The summed E-state index contributed by atoms with van der Waals surface area (Å²) in [7, 11) is 0. The fourth-order valence-electron chi connectivity index (χ4n) is 4.12. The molecule has 0 bridgehead atoms. The van der Waals surface area contributed by atoms with Crippen LogP contribution >= 0.6 is 0 Å². The minimum atomic E-state index is -0.321. The third-order valence-corrected chi connectivity index (χ3v) is 5.93. The summed E-state index contributed by atoms with van der Waals surface area (Å²) in [6.45, 7) is 2.87. The molecule has 2 amide bonds. The third kappa shape index (κ3) is 4.49. The first-order valence-corrected chi connectivity index (χ1v) is 10.3. The van der Waals surface area contributed by atoms with Crippen molar-refractivity contribution in [1.29, 1.82) is 0 Å². The van der Waals surface area contributed by atoms with Gasteiger partial charge in [-0.3, -0.25) is 14.6 Å². The number of likely N-dealkylation sites (tertiary alicyclic amines) is 1. The van der Waals surface area contributed by atoms with Gasteiger partial charge in [0.2, 0.25) is 11.8 Å². The fourth-order valence-corrected chi connectivity index (χ4v) is 4.12. The van der Waals surface area contributed by atoms with Crippen molar-refractivity contribution >= 4 is 17.5 Å². The van der Waals surface area contributed by atoms with Crippen LogP contribution in [0.5, 0.6) is 0 Å². The van der Waals surface area contributed by atoms with Gasteiger partial charge in [0, 0.05) is 43.1 Å². The van der Waals surface area contributed by atoms with Gasteiger partial charge in [-0.15, -0.1) is 0 Å². The second-order valence-electron chi connectivity index (χ2n) is 7.96. The zero-order chi connectivity index (χ0) is 21.1. The van der Waals surface area contributed by atoms with Crippen molar-refractivity contribution in [3.63, 3.8) is 0 Å². The Morgan fingerprint density at radius 2 is 1.87 bits per heavy atom. The molecule has 2 aliphatic heterocycles. The molecule has 7 nitrogen and oxygen atoms in total. The number of nitrogens with one attached hydrogen (secondary N) is 3. The predicted molar refractivity (Wildman–Crippen MR) is 111 cm³/mol. The average molecular weight is 411 g/mol. The number of aryl methyl sites for hydroxylation is 1. The smallest absolute Gasteiger partial charge is 0.241 e. The van der Waals surface area contributed by atoms with Gasteiger partial charge in [-0.2, -0.15) is 0 Å². The standard InChI is InChI=1S/C22H26FN5O2/c1-14-12-17(23)2-3-18(14)25-21(29)16-6-10-28(11-7-16)22(30)20-13-19(26-27-20)15-4-8-24-9-5-15/h2-5,8-9,12,16,19-20,26-27H,6-7,10-11,13H2,1H3,(H,25,29). The Labute approximate surface area is 175 Å². The molecule has 1 aromatic heterocycles. The number of halogens is 1. The highest BCUT2D eigenvalue weighted by molar-refractivity contribution is 5.93. The number of amides is 2. The number of aromatic nitrogens is 1. The SMILES string of the molecule is Cc1cc(F)ccc1NC(=O)C1CCN(C(=O)C2CC(c3ccncc3)NN2)CC1. The number of benzene rings is 1. The lowest BCUT2D eigenvalue weighted by Crippen LogP contribution is -2.49. The maximum atomic E-state index is 13.2. The number of hydrazine groups is 1. The molecule has 8 heteroatoms. The lowest BCUT2D eigenvalue weighted by molar-refractivity contribution is -0.136. The topological polar surface area (TPSA) is 86.4 Å². The molecule has 2 aliphatic rings. The fraction of sp³-hybridized carbons (Fsp3) is 0.409. The van der Waals surface area contributed by atoms with E-state index < -0.39 is 0 Å². The van der Waals surface area contributed by atoms with E-state index in [9.17, 15) is 14.0 Å². The van der Waals surface area contributed by atoms with Gasteiger partial charge in [0.1, 0.15) is 11.9 Å². The van der Waals surface area contributed by atoms with E-state index in [4.69, 9.17) is 0 Å². The highest BCUT2D eigenvalue weighted by Crippen LogP contribution is 2.25. The van der Waals surface area contributed by atoms with Crippen molar-refractivity contribution in [3.05, 3.63) is 59.7 Å². The van der Waals surface area contributed by atoms with Gasteiger partial charge in [0.15, 0.2) is 0 Å². The highest BCUT2D eigenvalue weighted by atomic mass is 19.1. The van der Waals surface area contributed by atoms with Crippen molar-refractivity contribution in [2.24, 2.45) is 5.92 Å². The van der Waals surface area contributed by atoms with E-state index in [1.165, 1.54) is 12.1 Å². The van der Waals surface area contributed by atoms with Crippen LogP contribution in [0, 0.1) is 18.7 Å². The Morgan fingerprint density at radius 1 is 1.13 bits per heavy atom. The maximum absolute atomic E-state index is 13.2. The second-order valence-corrected chi connectivity index (χ2v) is 7.96. The Bertz CT molecular complexity index is 915. The van der Waals surface area contributed by atoms with E-state index in [0.717, 1.165) is 5.56 Å². The lowest BCUT2D eigenvalue weighted by Gasteiger charge is -2.33. The zero-order valence-corrected chi connectivity index (χ0v) is 16.9. The molecule has 0 saturated carbocycles. The summed E-state index contributed by atoms with van der Waals surface area (Å²) in [6, 6.07) is 8.00. The van der Waals surface area contributed by atoms with Gasteiger partial charge >= 0.3 is 0 Å². The van der Waals surface area contributed by atoms with Crippen LogP contribution in [-0.4, -0.2) is 40.8 Å². The van der Waals surface area contributed by atoms with Crippen molar-refractivity contribution in [2.45, 2.75) is 38.3 Å². The molecule has 30 heavy (non-hydrogen) atoms. The molecule has 4 rings (SSSR count). The Balaban J connectivity index is 1.28. The highest BCUT2D eigenvalue weighted by Gasteiger charge is 2.35. The molecule has 3 N–H and O–H groups in total. The number of pyridine rings is 1. The first-order chi connectivity index (χ1) is 14.5. The molecule has 2 fully saturated rings. The van der Waals surface area contributed by atoms with E-state index in [-0.39, 0.29) is 35.6 Å². The Hall–Kier alpha value is -2.84. The molecule has 2 unspecified atom stereocenters. The molecule has 158 valence electrons. The normalized spacial score (nSPS) is 22.1. The maximum Gasteiger partial charge on any atom is 0.241 e. The van der Waals surface area contributed by atoms with Crippen LogP contribution in [-0.2, 0) is 9.59 Å². The summed E-state index contributed by atoms with van der Waals surface area (Å²) < 4.78 is 13.2. The van der Waals surface area contributed by atoms with Crippen LogP contribution in [0.4, 0.5) is 10.1 Å². The van der Waals surface area contributed by atoms with Gasteiger partial charge in [-0.25, -0.2) is 15.2 Å². The molecular formula is C22H26FN5O2. The van der Waals surface area contributed by atoms with Gasteiger partial charge < -0.3 is 10.2 Å². The van der Waals surface area contributed by atoms with E-state index in [0.29, 0.717) is 43.6 Å². The van der Waals surface area contributed by atoms with E-state index >= 15 is 0 Å². The molecule has 1 aromatic carbocycles. The molecule has 0 spiro atoms. The number of carbonyl (C=O) groups excluding carboxylic acids is 2. The molecule has 3 heterocycles. The molecule has 0 radical (unpaired) electrons. The summed E-state index contributed by atoms with van der Waals surface area (Å²) in [5, 5.41) is 2.89. The van der Waals surface area contributed by atoms with Gasteiger partial charge in [-0.05, 0) is 67.6 Å². The quantitative estimate of drug-likeness (QED) is 0.719. The summed E-state index contributed by atoms with van der Waals surface area (Å²) >= 11 is 0. The van der Waals surface area contributed by atoms with Crippen molar-refractivity contribution in [1.82, 2.24) is 20.7 Å². The molecule has 2 aromatic rings. The van der Waals surface area contributed by atoms with Gasteiger partial charge in [-0.1, -0.05) is 0 Å². The summed E-state index contributed by atoms with van der Waals surface area (Å²) in [5.41, 5.74) is 8.72.